The van der Waals surface area contributed by atoms with Crippen molar-refractivity contribution in [3.05, 3.63) is 29.8 Å². The van der Waals surface area contributed by atoms with Gasteiger partial charge in [0.25, 0.3) is 0 Å². The SMILES string of the molecule is CCCCCCCC(NC)c1ccccc1OCC. The first-order chi connectivity index (χ1) is 9.33. The summed E-state index contributed by atoms with van der Waals surface area (Å²) in [6.07, 6.45) is 7.83. The smallest absolute Gasteiger partial charge is 0.124 e. The van der Waals surface area contributed by atoms with Crippen molar-refractivity contribution in [2.45, 2.75) is 58.4 Å². The van der Waals surface area contributed by atoms with Crippen LogP contribution in [0.2, 0.25) is 0 Å². The van der Waals surface area contributed by atoms with Gasteiger partial charge in [0.2, 0.25) is 0 Å². The molecule has 0 heterocycles. The molecule has 0 saturated carbocycles. The Labute approximate surface area is 118 Å². The van der Waals surface area contributed by atoms with Crippen LogP contribution >= 0.6 is 0 Å². The van der Waals surface area contributed by atoms with Crippen molar-refractivity contribution in [1.29, 1.82) is 0 Å². The highest BCUT2D eigenvalue weighted by Gasteiger charge is 2.13. The van der Waals surface area contributed by atoms with Crippen molar-refractivity contribution >= 4 is 0 Å². The molecule has 0 aliphatic carbocycles. The zero-order valence-electron chi connectivity index (χ0n) is 12.7. The average molecular weight is 263 g/mol. The van der Waals surface area contributed by atoms with Gasteiger partial charge in [-0.3, -0.25) is 0 Å². The van der Waals surface area contributed by atoms with Crippen LogP contribution in [0.3, 0.4) is 0 Å². The minimum Gasteiger partial charge on any atom is -0.494 e. The molecule has 0 amide bonds. The number of unbranched alkanes of at least 4 members (excludes halogenated alkanes) is 4. The summed E-state index contributed by atoms with van der Waals surface area (Å²) in [5.41, 5.74) is 1.29. The Balaban J connectivity index is 2.53. The van der Waals surface area contributed by atoms with Crippen LogP contribution < -0.4 is 10.1 Å². The van der Waals surface area contributed by atoms with Gasteiger partial charge in [-0.1, -0.05) is 57.2 Å². The quantitative estimate of drug-likeness (QED) is 0.617. The average Bonchev–Trinajstić information content (AvgIpc) is 2.44. The molecule has 0 aliphatic heterocycles. The molecule has 0 spiro atoms. The lowest BCUT2D eigenvalue weighted by atomic mass is 9.99. The lowest BCUT2D eigenvalue weighted by Crippen LogP contribution is -2.17. The van der Waals surface area contributed by atoms with Gasteiger partial charge in [-0.15, -0.1) is 0 Å². The molecule has 2 heteroatoms. The monoisotopic (exact) mass is 263 g/mol. The largest absolute Gasteiger partial charge is 0.494 e. The van der Waals surface area contributed by atoms with Crippen LogP contribution in [0.4, 0.5) is 0 Å². The van der Waals surface area contributed by atoms with Gasteiger partial charge in [0.1, 0.15) is 5.75 Å². The Hall–Kier alpha value is -1.02. The second kappa shape index (κ2) is 9.85. The van der Waals surface area contributed by atoms with Gasteiger partial charge in [-0.2, -0.15) is 0 Å². The van der Waals surface area contributed by atoms with E-state index in [9.17, 15) is 0 Å². The number of nitrogens with one attached hydrogen (secondary N) is 1. The van der Waals surface area contributed by atoms with Crippen molar-refractivity contribution in [3.8, 4) is 5.75 Å². The summed E-state index contributed by atoms with van der Waals surface area (Å²) in [5, 5.41) is 3.43. The fourth-order valence-electron chi connectivity index (χ4n) is 2.46. The first kappa shape index (κ1) is 16.0. The van der Waals surface area contributed by atoms with Crippen molar-refractivity contribution in [1.82, 2.24) is 5.32 Å². The Bertz CT molecular complexity index is 338. The number of para-hydroxylation sites is 1. The maximum atomic E-state index is 5.72. The standard InChI is InChI=1S/C17H29NO/c1-4-6-7-8-9-13-16(18-3)15-12-10-11-14-17(15)19-5-2/h10-12,14,16,18H,4-9,13H2,1-3H3. The highest BCUT2D eigenvalue weighted by atomic mass is 16.5. The number of ether oxygens (including phenoxy) is 1. The van der Waals surface area contributed by atoms with E-state index in [2.05, 4.69) is 30.4 Å². The van der Waals surface area contributed by atoms with Gasteiger partial charge in [0.15, 0.2) is 0 Å². The molecular weight excluding hydrogens is 234 g/mol. The van der Waals surface area contributed by atoms with Crippen molar-refractivity contribution in [2.24, 2.45) is 0 Å². The normalized spacial score (nSPS) is 12.4. The Kier molecular flexibility index (Phi) is 8.31. The topological polar surface area (TPSA) is 21.3 Å². The molecule has 0 aliphatic rings. The van der Waals surface area contributed by atoms with Crippen molar-refractivity contribution in [2.75, 3.05) is 13.7 Å². The molecule has 1 atom stereocenters. The number of benzene rings is 1. The molecule has 1 unspecified atom stereocenters. The molecular formula is C17H29NO. The van der Waals surface area contributed by atoms with Crippen molar-refractivity contribution in [3.63, 3.8) is 0 Å². The minimum atomic E-state index is 0.407. The Morgan fingerprint density at radius 1 is 1.05 bits per heavy atom. The van der Waals surface area contributed by atoms with E-state index in [4.69, 9.17) is 4.74 Å². The summed E-state index contributed by atoms with van der Waals surface area (Å²) in [5.74, 6) is 1.03. The molecule has 0 aromatic heterocycles. The van der Waals surface area contributed by atoms with Gasteiger partial charge >= 0.3 is 0 Å². The van der Waals surface area contributed by atoms with Crippen LogP contribution in [0.5, 0.6) is 5.75 Å². The van der Waals surface area contributed by atoms with E-state index in [1.807, 2.05) is 20.0 Å². The number of rotatable bonds is 10. The van der Waals surface area contributed by atoms with Crippen LogP contribution in [0.15, 0.2) is 24.3 Å². The fourth-order valence-corrected chi connectivity index (χ4v) is 2.46. The Morgan fingerprint density at radius 2 is 1.79 bits per heavy atom. The van der Waals surface area contributed by atoms with E-state index in [1.54, 1.807) is 0 Å². The predicted molar refractivity (Wildman–Crippen MR) is 82.8 cm³/mol. The molecule has 1 N–H and O–H groups in total. The van der Waals surface area contributed by atoms with Crippen LogP contribution in [-0.2, 0) is 0 Å². The van der Waals surface area contributed by atoms with Crippen LogP contribution in [-0.4, -0.2) is 13.7 Å². The molecule has 2 nitrogen and oxygen atoms in total. The summed E-state index contributed by atoms with van der Waals surface area (Å²) in [4.78, 5) is 0. The predicted octanol–water partition coefficient (Wildman–Crippen LogP) is 4.71. The zero-order chi connectivity index (χ0) is 13.9. The van der Waals surface area contributed by atoms with Crippen LogP contribution in [0.25, 0.3) is 0 Å². The van der Waals surface area contributed by atoms with Crippen LogP contribution in [0, 0.1) is 0 Å². The maximum absolute atomic E-state index is 5.72. The molecule has 0 bridgehead atoms. The third kappa shape index (κ3) is 5.65. The molecule has 0 saturated heterocycles. The molecule has 0 radical (unpaired) electrons. The van der Waals surface area contributed by atoms with E-state index in [1.165, 1.54) is 44.1 Å². The van der Waals surface area contributed by atoms with Gasteiger partial charge in [-0.25, -0.2) is 0 Å². The third-order valence-electron chi connectivity index (χ3n) is 3.54. The fraction of sp³-hybridized carbons (Fsp3) is 0.647. The summed E-state index contributed by atoms with van der Waals surface area (Å²) >= 11 is 0. The molecule has 108 valence electrons. The summed E-state index contributed by atoms with van der Waals surface area (Å²) in [6.45, 7) is 5.02. The lowest BCUT2D eigenvalue weighted by Gasteiger charge is -2.20. The summed E-state index contributed by atoms with van der Waals surface area (Å²) in [7, 11) is 2.04. The van der Waals surface area contributed by atoms with E-state index < -0.39 is 0 Å². The number of hydrogen-bond donors (Lipinski definition) is 1. The summed E-state index contributed by atoms with van der Waals surface area (Å²) in [6, 6.07) is 8.80. The molecule has 0 fully saturated rings. The first-order valence-corrected chi connectivity index (χ1v) is 7.72. The molecule has 1 aromatic carbocycles. The molecule has 19 heavy (non-hydrogen) atoms. The van der Waals surface area contributed by atoms with E-state index in [-0.39, 0.29) is 0 Å². The highest BCUT2D eigenvalue weighted by Crippen LogP contribution is 2.28. The second-order valence-corrected chi connectivity index (χ2v) is 5.01. The van der Waals surface area contributed by atoms with Gasteiger partial charge in [-0.05, 0) is 26.5 Å². The lowest BCUT2D eigenvalue weighted by molar-refractivity contribution is 0.330. The van der Waals surface area contributed by atoms with E-state index >= 15 is 0 Å². The molecule has 1 rings (SSSR count). The van der Waals surface area contributed by atoms with Gasteiger partial charge in [0, 0.05) is 11.6 Å². The second-order valence-electron chi connectivity index (χ2n) is 5.01. The Morgan fingerprint density at radius 3 is 2.47 bits per heavy atom. The maximum Gasteiger partial charge on any atom is 0.124 e. The first-order valence-electron chi connectivity index (χ1n) is 7.72. The van der Waals surface area contributed by atoms with Crippen LogP contribution in [0.1, 0.15) is 64.0 Å². The highest BCUT2D eigenvalue weighted by molar-refractivity contribution is 5.35. The van der Waals surface area contributed by atoms with E-state index in [0.29, 0.717) is 6.04 Å². The van der Waals surface area contributed by atoms with E-state index in [0.717, 1.165) is 12.4 Å². The third-order valence-corrected chi connectivity index (χ3v) is 3.54. The molecule has 1 aromatic rings. The van der Waals surface area contributed by atoms with Gasteiger partial charge < -0.3 is 10.1 Å². The summed E-state index contributed by atoms with van der Waals surface area (Å²) < 4.78 is 5.72. The van der Waals surface area contributed by atoms with Crippen molar-refractivity contribution < 1.29 is 4.74 Å². The van der Waals surface area contributed by atoms with Gasteiger partial charge in [0.05, 0.1) is 6.61 Å². The zero-order valence-corrected chi connectivity index (χ0v) is 12.7. The number of hydrogen-bond acceptors (Lipinski definition) is 2. The minimum absolute atomic E-state index is 0.407.